The smallest absolute Gasteiger partial charge is 0.344 e. The van der Waals surface area contributed by atoms with Crippen LogP contribution in [0, 0.1) is 0 Å². The van der Waals surface area contributed by atoms with Crippen LogP contribution in [-0.2, 0) is 14.3 Å². The molecule has 1 N–H and O–H groups in total. The maximum atomic E-state index is 12.6. The summed E-state index contributed by atoms with van der Waals surface area (Å²) in [5, 5.41) is 12.8. The van der Waals surface area contributed by atoms with E-state index in [-0.39, 0.29) is 35.3 Å². The average molecular weight is 484 g/mol. The van der Waals surface area contributed by atoms with Crippen LogP contribution in [0.15, 0.2) is 51.6 Å². The lowest BCUT2D eigenvalue weighted by Gasteiger charge is -2.14. The Bertz CT molecular complexity index is 1180. The maximum absolute atomic E-state index is 12.6. The molecular weight excluding hydrogens is 454 g/mol. The molecule has 0 bridgehead atoms. The molecule has 0 fully saturated rings. The topological polar surface area (TPSA) is 94.4 Å². The summed E-state index contributed by atoms with van der Waals surface area (Å²) in [6.07, 6.45) is 2.64. The van der Waals surface area contributed by atoms with Gasteiger partial charge in [-0.05, 0) is 51.0 Å². The number of carbonyl (C=O) groups excluding carboxylic acids is 2. The first-order valence-corrected chi connectivity index (χ1v) is 12.2. The van der Waals surface area contributed by atoms with Crippen molar-refractivity contribution >= 4 is 45.5 Å². The van der Waals surface area contributed by atoms with Crippen molar-refractivity contribution in [2.75, 3.05) is 19.8 Å². The first-order valence-electron chi connectivity index (χ1n) is 11.4. The number of hydrogen-bond acceptors (Lipinski definition) is 7. The Morgan fingerprint density at radius 3 is 2.41 bits per heavy atom. The van der Waals surface area contributed by atoms with E-state index in [1.807, 2.05) is 51.1 Å². The highest BCUT2D eigenvalue weighted by molar-refractivity contribution is 8.18. The number of hydrogen-bond donors (Lipinski definition) is 1. The SMILES string of the molecule is CCCC(=O)N=C1S/C(=C\c2ccc(OCC)c3cccc(OCC)c23)C(O)=C1C(=O)OCC. The van der Waals surface area contributed by atoms with Gasteiger partial charge in [-0.25, -0.2) is 9.79 Å². The van der Waals surface area contributed by atoms with Gasteiger partial charge in [0.25, 0.3) is 0 Å². The van der Waals surface area contributed by atoms with Crippen LogP contribution in [0.25, 0.3) is 16.8 Å². The van der Waals surface area contributed by atoms with Crippen LogP contribution in [0.4, 0.5) is 0 Å². The van der Waals surface area contributed by atoms with Gasteiger partial charge in [0.15, 0.2) is 0 Å². The normalized spacial score (nSPS) is 15.9. The number of rotatable bonds is 9. The van der Waals surface area contributed by atoms with Gasteiger partial charge in [0.05, 0.1) is 24.7 Å². The van der Waals surface area contributed by atoms with E-state index in [4.69, 9.17) is 14.2 Å². The predicted molar refractivity (Wildman–Crippen MR) is 135 cm³/mol. The summed E-state index contributed by atoms with van der Waals surface area (Å²) in [6.45, 7) is 8.51. The van der Waals surface area contributed by atoms with E-state index in [9.17, 15) is 14.7 Å². The Morgan fingerprint density at radius 1 is 1.00 bits per heavy atom. The number of nitrogens with zero attached hydrogens (tertiary/aromatic N) is 1. The molecule has 0 unspecified atom stereocenters. The van der Waals surface area contributed by atoms with E-state index < -0.39 is 5.97 Å². The third-order valence-electron chi connectivity index (χ3n) is 4.94. The molecule has 0 radical (unpaired) electrons. The minimum Gasteiger partial charge on any atom is -0.506 e. The first-order chi connectivity index (χ1) is 16.4. The fourth-order valence-electron chi connectivity index (χ4n) is 3.57. The second-order valence-corrected chi connectivity index (χ2v) is 8.34. The molecule has 1 aliphatic rings. The van der Waals surface area contributed by atoms with E-state index in [0.29, 0.717) is 30.3 Å². The molecule has 180 valence electrons. The van der Waals surface area contributed by atoms with E-state index in [1.165, 1.54) is 0 Å². The molecule has 2 aromatic rings. The molecule has 0 aromatic heterocycles. The van der Waals surface area contributed by atoms with Crippen LogP contribution in [0.5, 0.6) is 11.5 Å². The molecule has 7 nitrogen and oxygen atoms in total. The summed E-state index contributed by atoms with van der Waals surface area (Å²) >= 11 is 1.07. The number of ether oxygens (including phenoxy) is 3. The molecule has 0 atom stereocenters. The van der Waals surface area contributed by atoms with Gasteiger partial charge < -0.3 is 19.3 Å². The fourth-order valence-corrected chi connectivity index (χ4v) is 4.59. The second kappa shape index (κ2) is 11.7. The van der Waals surface area contributed by atoms with Crippen molar-refractivity contribution in [3.63, 3.8) is 0 Å². The summed E-state index contributed by atoms with van der Waals surface area (Å²) in [7, 11) is 0. The highest BCUT2D eigenvalue weighted by Gasteiger charge is 2.34. The third-order valence-corrected chi connectivity index (χ3v) is 5.96. The zero-order chi connectivity index (χ0) is 24.7. The van der Waals surface area contributed by atoms with Crippen molar-refractivity contribution in [1.82, 2.24) is 0 Å². The van der Waals surface area contributed by atoms with Crippen molar-refractivity contribution in [1.29, 1.82) is 0 Å². The summed E-state index contributed by atoms with van der Waals surface area (Å²) in [4.78, 5) is 29.2. The van der Waals surface area contributed by atoms with Crippen LogP contribution in [0.2, 0.25) is 0 Å². The number of aliphatic hydroxyl groups is 1. The average Bonchev–Trinajstić information content (AvgIpc) is 3.10. The molecule has 0 aliphatic carbocycles. The largest absolute Gasteiger partial charge is 0.506 e. The fraction of sp³-hybridized carbons (Fsp3) is 0.346. The lowest BCUT2D eigenvalue weighted by Crippen LogP contribution is -2.14. The van der Waals surface area contributed by atoms with E-state index in [2.05, 4.69) is 4.99 Å². The summed E-state index contributed by atoms with van der Waals surface area (Å²) in [6, 6.07) is 9.46. The van der Waals surface area contributed by atoms with Crippen LogP contribution in [-0.4, -0.2) is 41.8 Å². The van der Waals surface area contributed by atoms with E-state index in [1.54, 1.807) is 13.0 Å². The van der Waals surface area contributed by atoms with Crippen molar-refractivity contribution in [3.8, 4) is 11.5 Å². The number of benzene rings is 2. The number of thioether (sulfide) groups is 1. The van der Waals surface area contributed by atoms with E-state index >= 15 is 0 Å². The highest BCUT2D eigenvalue weighted by atomic mass is 32.2. The number of fused-ring (bicyclic) bond motifs is 1. The molecule has 2 aromatic carbocycles. The van der Waals surface area contributed by atoms with Crippen LogP contribution in [0.1, 0.15) is 46.1 Å². The molecule has 3 rings (SSSR count). The Kier molecular flexibility index (Phi) is 8.76. The van der Waals surface area contributed by atoms with Gasteiger partial charge >= 0.3 is 5.97 Å². The van der Waals surface area contributed by atoms with Crippen molar-refractivity contribution in [2.24, 2.45) is 4.99 Å². The number of amides is 1. The Hall–Kier alpha value is -3.26. The van der Waals surface area contributed by atoms with Crippen molar-refractivity contribution in [3.05, 3.63) is 52.1 Å². The van der Waals surface area contributed by atoms with Gasteiger partial charge in [-0.1, -0.05) is 36.9 Å². The van der Waals surface area contributed by atoms with Crippen LogP contribution in [0.3, 0.4) is 0 Å². The van der Waals surface area contributed by atoms with Gasteiger partial charge in [-0.3, -0.25) is 4.79 Å². The van der Waals surface area contributed by atoms with Gasteiger partial charge in [-0.15, -0.1) is 0 Å². The lowest BCUT2D eigenvalue weighted by molar-refractivity contribution is -0.138. The summed E-state index contributed by atoms with van der Waals surface area (Å²) < 4.78 is 16.8. The minimum atomic E-state index is -0.717. The standard InChI is InChI=1S/C26H29NO6S/c1-5-10-21(28)27-25-23(26(30)33-8-4)24(29)20(34-25)15-16-13-14-18(31-6-2)17-11-9-12-19(22(16)17)32-7-3/h9,11-15,29H,5-8,10H2,1-4H3/b20-15-,27-25?. The maximum Gasteiger partial charge on any atom is 0.344 e. The number of carbonyl (C=O) groups is 2. The third kappa shape index (κ3) is 5.44. The molecule has 8 heteroatoms. The zero-order valence-electron chi connectivity index (χ0n) is 19.8. The Morgan fingerprint density at radius 2 is 1.74 bits per heavy atom. The number of esters is 1. The Balaban J connectivity index is 2.18. The summed E-state index contributed by atoms with van der Waals surface area (Å²) in [5.41, 5.74) is 0.670. The zero-order valence-corrected chi connectivity index (χ0v) is 20.7. The molecule has 0 saturated heterocycles. The highest BCUT2D eigenvalue weighted by Crippen LogP contribution is 2.42. The predicted octanol–water partition coefficient (Wildman–Crippen LogP) is 5.83. The second-order valence-electron chi connectivity index (χ2n) is 7.31. The quantitative estimate of drug-likeness (QED) is 0.449. The van der Waals surface area contributed by atoms with Crippen LogP contribution < -0.4 is 9.47 Å². The van der Waals surface area contributed by atoms with E-state index in [0.717, 1.165) is 33.8 Å². The minimum absolute atomic E-state index is 0.0946. The first kappa shape index (κ1) is 25.4. The molecule has 1 heterocycles. The van der Waals surface area contributed by atoms with Gasteiger partial charge in [0.2, 0.25) is 5.91 Å². The van der Waals surface area contributed by atoms with Gasteiger partial charge in [0.1, 0.15) is 27.9 Å². The number of aliphatic hydroxyl groups excluding tert-OH is 1. The van der Waals surface area contributed by atoms with Crippen molar-refractivity contribution in [2.45, 2.75) is 40.5 Å². The Labute approximate surface area is 203 Å². The molecule has 0 saturated carbocycles. The summed E-state index contributed by atoms with van der Waals surface area (Å²) in [5.74, 6) is 0.0658. The molecule has 1 aliphatic heterocycles. The van der Waals surface area contributed by atoms with Gasteiger partial charge in [0, 0.05) is 17.2 Å². The molecule has 34 heavy (non-hydrogen) atoms. The monoisotopic (exact) mass is 483 g/mol. The molecule has 0 spiro atoms. The van der Waals surface area contributed by atoms with Crippen LogP contribution >= 0.6 is 11.8 Å². The van der Waals surface area contributed by atoms with Crippen molar-refractivity contribution < 1.29 is 28.9 Å². The van der Waals surface area contributed by atoms with Gasteiger partial charge in [-0.2, -0.15) is 0 Å². The molecular formula is C26H29NO6S. The lowest BCUT2D eigenvalue weighted by atomic mass is 10.0. The molecule has 1 amide bonds. The number of aliphatic imine (C=N–C) groups is 1.